The van der Waals surface area contributed by atoms with Crippen LogP contribution >= 0.6 is 43.2 Å². The van der Waals surface area contributed by atoms with Gasteiger partial charge in [0.05, 0.1) is 13.1 Å². The van der Waals surface area contributed by atoms with Crippen molar-refractivity contribution in [2.45, 2.75) is 12.5 Å². The third-order valence-corrected chi connectivity index (χ3v) is 4.25. The van der Waals surface area contributed by atoms with E-state index in [0.717, 1.165) is 3.79 Å². The number of amides is 1. The van der Waals surface area contributed by atoms with Gasteiger partial charge in [-0.25, -0.2) is 4.79 Å². The Morgan fingerprint density at radius 3 is 2.65 bits per heavy atom. The highest BCUT2D eigenvalue weighted by Crippen LogP contribution is 2.31. The van der Waals surface area contributed by atoms with Crippen LogP contribution < -0.4 is 5.32 Å². The van der Waals surface area contributed by atoms with Crippen LogP contribution in [-0.2, 0) is 4.79 Å². The van der Waals surface area contributed by atoms with Gasteiger partial charge in [0.2, 0.25) is 0 Å². The van der Waals surface area contributed by atoms with E-state index in [1.54, 1.807) is 6.07 Å². The minimum Gasteiger partial charge on any atom is -0.480 e. The molecule has 0 radical (unpaired) electrons. The van der Waals surface area contributed by atoms with Gasteiger partial charge in [-0.15, -0.1) is 17.9 Å². The summed E-state index contributed by atoms with van der Waals surface area (Å²) in [6.45, 7) is 3.46. The van der Waals surface area contributed by atoms with Crippen LogP contribution in [0.3, 0.4) is 0 Å². The van der Waals surface area contributed by atoms with E-state index in [-0.39, 0.29) is 6.42 Å². The Hall–Kier alpha value is -0.660. The third kappa shape index (κ3) is 3.93. The molecule has 0 aliphatic carbocycles. The van der Waals surface area contributed by atoms with Crippen LogP contribution in [0.1, 0.15) is 16.8 Å². The molecule has 0 saturated heterocycles. The van der Waals surface area contributed by atoms with E-state index in [2.05, 4.69) is 43.8 Å². The molecule has 1 aromatic rings. The molecule has 1 aromatic heterocycles. The molecule has 1 amide bonds. The summed E-state index contributed by atoms with van der Waals surface area (Å²) in [5.41, 5.74) is 0.414. The van der Waals surface area contributed by atoms with Crippen molar-refractivity contribution < 1.29 is 14.7 Å². The van der Waals surface area contributed by atoms with Crippen LogP contribution in [-0.4, -0.2) is 23.0 Å². The van der Waals surface area contributed by atoms with Crippen LogP contribution in [0.2, 0.25) is 0 Å². The van der Waals surface area contributed by atoms with Crippen LogP contribution in [0, 0.1) is 0 Å². The van der Waals surface area contributed by atoms with Crippen molar-refractivity contribution in [3.8, 4) is 0 Å². The fraction of sp³-hybridized carbons (Fsp3) is 0.200. The number of hydrogen-bond acceptors (Lipinski definition) is 3. The van der Waals surface area contributed by atoms with Crippen LogP contribution in [0.4, 0.5) is 0 Å². The van der Waals surface area contributed by atoms with Gasteiger partial charge in [-0.1, -0.05) is 6.08 Å². The maximum atomic E-state index is 11.8. The number of nitrogens with one attached hydrogen (secondary N) is 1. The molecule has 2 N–H and O–H groups in total. The van der Waals surface area contributed by atoms with Gasteiger partial charge >= 0.3 is 5.97 Å². The van der Waals surface area contributed by atoms with Crippen molar-refractivity contribution in [3.63, 3.8) is 0 Å². The molecule has 1 atom stereocenters. The second kappa shape index (κ2) is 6.32. The van der Waals surface area contributed by atoms with Crippen molar-refractivity contribution in [2.75, 3.05) is 0 Å². The van der Waals surface area contributed by atoms with E-state index in [0.29, 0.717) is 9.35 Å². The van der Waals surface area contributed by atoms with Gasteiger partial charge in [0.1, 0.15) is 6.04 Å². The van der Waals surface area contributed by atoms with Crippen LogP contribution in [0.15, 0.2) is 26.3 Å². The van der Waals surface area contributed by atoms with Gasteiger partial charge in [0.25, 0.3) is 5.91 Å². The lowest BCUT2D eigenvalue weighted by atomic mass is 10.2. The summed E-state index contributed by atoms with van der Waals surface area (Å²) in [7, 11) is 0. The van der Waals surface area contributed by atoms with E-state index in [4.69, 9.17) is 5.11 Å². The molecule has 0 aliphatic rings. The number of carboxylic acids is 1. The van der Waals surface area contributed by atoms with E-state index in [1.807, 2.05) is 0 Å². The second-order valence-corrected chi connectivity index (χ2v) is 6.88. The maximum absolute atomic E-state index is 11.8. The quantitative estimate of drug-likeness (QED) is 0.769. The van der Waals surface area contributed by atoms with E-state index in [1.165, 1.54) is 17.4 Å². The van der Waals surface area contributed by atoms with Crippen molar-refractivity contribution in [1.29, 1.82) is 0 Å². The molecule has 0 aromatic carbocycles. The van der Waals surface area contributed by atoms with Crippen LogP contribution in [0.25, 0.3) is 0 Å². The number of carbonyl (C=O) groups is 2. The first-order valence-electron chi connectivity index (χ1n) is 4.55. The molecule has 0 spiro atoms. The topological polar surface area (TPSA) is 66.4 Å². The fourth-order valence-electron chi connectivity index (χ4n) is 1.12. The Morgan fingerprint density at radius 1 is 1.59 bits per heavy atom. The average Bonchev–Trinajstić information content (AvgIpc) is 2.57. The minimum absolute atomic E-state index is 0.185. The fourth-order valence-corrected chi connectivity index (χ4v) is 3.91. The summed E-state index contributed by atoms with van der Waals surface area (Å²) in [5.74, 6) is -1.50. The first kappa shape index (κ1) is 14.4. The van der Waals surface area contributed by atoms with Crippen LogP contribution in [0.5, 0.6) is 0 Å². The number of carboxylic acid groups (broad SMARTS) is 1. The zero-order chi connectivity index (χ0) is 13.0. The summed E-state index contributed by atoms with van der Waals surface area (Å²) >= 11 is 7.85. The largest absolute Gasteiger partial charge is 0.480 e. The van der Waals surface area contributed by atoms with Gasteiger partial charge in [-0.2, -0.15) is 0 Å². The smallest absolute Gasteiger partial charge is 0.326 e. The Morgan fingerprint density at radius 2 is 2.24 bits per heavy atom. The molecule has 1 unspecified atom stereocenters. The molecule has 92 valence electrons. The summed E-state index contributed by atoms with van der Waals surface area (Å²) in [5, 5.41) is 11.3. The summed E-state index contributed by atoms with van der Waals surface area (Å²) in [6, 6.07) is 0.683. The number of thiophene rings is 1. The Bertz CT molecular complexity index is 458. The Kier molecular flexibility index (Phi) is 5.35. The van der Waals surface area contributed by atoms with Crippen molar-refractivity contribution >= 4 is 55.1 Å². The van der Waals surface area contributed by atoms with Gasteiger partial charge in [-0.3, -0.25) is 4.79 Å². The lowest BCUT2D eigenvalue weighted by Crippen LogP contribution is -2.40. The monoisotopic (exact) mass is 381 g/mol. The lowest BCUT2D eigenvalue weighted by Gasteiger charge is -2.11. The van der Waals surface area contributed by atoms with E-state index >= 15 is 0 Å². The molecule has 0 aliphatic heterocycles. The second-order valence-electron chi connectivity index (χ2n) is 3.13. The molecule has 17 heavy (non-hydrogen) atoms. The predicted octanol–water partition coefficient (Wildman–Crippen LogP) is 3.03. The summed E-state index contributed by atoms with van der Waals surface area (Å²) < 4.78 is 1.45. The standard InChI is InChI=1S/C10H9Br2NO3S/c1-2-3-6(10(15)16)13-9(14)5-4-7(11)17-8(5)12/h2,4,6H,1,3H2,(H,13,14)(H,15,16). The molecule has 0 bridgehead atoms. The zero-order valence-electron chi connectivity index (χ0n) is 8.57. The molecule has 0 fully saturated rings. The normalized spacial score (nSPS) is 11.9. The first-order chi connectivity index (χ1) is 7.95. The van der Waals surface area contributed by atoms with Gasteiger partial charge < -0.3 is 10.4 Å². The average molecular weight is 383 g/mol. The minimum atomic E-state index is -1.08. The number of rotatable bonds is 5. The lowest BCUT2D eigenvalue weighted by molar-refractivity contribution is -0.139. The molecule has 7 heteroatoms. The maximum Gasteiger partial charge on any atom is 0.326 e. The number of hydrogen-bond donors (Lipinski definition) is 2. The van der Waals surface area contributed by atoms with Gasteiger partial charge in [-0.05, 0) is 44.3 Å². The highest BCUT2D eigenvalue weighted by atomic mass is 79.9. The van der Waals surface area contributed by atoms with E-state index in [9.17, 15) is 9.59 Å². The van der Waals surface area contributed by atoms with Gasteiger partial charge in [0.15, 0.2) is 0 Å². The first-order valence-corrected chi connectivity index (χ1v) is 6.95. The Balaban J connectivity index is 2.80. The van der Waals surface area contributed by atoms with E-state index < -0.39 is 17.9 Å². The zero-order valence-corrected chi connectivity index (χ0v) is 12.6. The predicted molar refractivity (Wildman–Crippen MR) is 73.4 cm³/mol. The highest BCUT2D eigenvalue weighted by Gasteiger charge is 2.21. The number of carbonyl (C=O) groups excluding carboxylic acids is 1. The van der Waals surface area contributed by atoms with Crippen molar-refractivity contribution in [2.24, 2.45) is 0 Å². The molecule has 4 nitrogen and oxygen atoms in total. The number of aliphatic carboxylic acids is 1. The SMILES string of the molecule is C=CCC(NC(=O)c1cc(Br)sc1Br)C(=O)O. The molecular weight excluding hydrogens is 374 g/mol. The third-order valence-electron chi connectivity index (χ3n) is 1.91. The number of halogens is 2. The summed E-state index contributed by atoms with van der Waals surface area (Å²) in [6.07, 6.45) is 1.64. The highest BCUT2D eigenvalue weighted by molar-refractivity contribution is 9.12. The summed E-state index contributed by atoms with van der Waals surface area (Å²) in [4.78, 5) is 22.7. The van der Waals surface area contributed by atoms with Crippen molar-refractivity contribution in [1.82, 2.24) is 5.32 Å². The molecule has 1 rings (SSSR count). The molecule has 1 heterocycles. The van der Waals surface area contributed by atoms with Crippen molar-refractivity contribution in [3.05, 3.63) is 31.9 Å². The molecular formula is C10H9Br2NO3S. The molecule has 0 saturated carbocycles. The van der Waals surface area contributed by atoms with Gasteiger partial charge in [0, 0.05) is 0 Å². The Labute approximate surface area is 119 Å².